The van der Waals surface area contributed by atoms with E-state index in [9.17, 15) is 9.59 Å². The summed E-state index contributed by atoms with van der Waals surface area (Å²) in [6.45, 7) is 7.35. The van der Waals surface area contributed by atoms with Crippen molar-refractivity contribution < 1.29 is 14.7 Å². The molecule has 1 aromatic heterocycles. The summed E-state index contributed by atoms with van der Waals surface area (Å²) in [5.41, 5.74) is 1.76. The van der Waals surface area contributed by atoms with Crippen LogP contribution >= 0.6 is 0 Å². The predicted molar refractivity (Wildman–Crippen MR) is 75.4 cm³/mol. The molecule has 1 rings (SSSR count). The molecule has 20 heavy (non-hydrogen) atoms. The SMILES string of the molecule is CCC(C)(CNC(=O)Cc1c(C)nn(C)c1C)C(=O)O. The number of amides is 1. The number of rotatable bonds is 6. The van der Waals surface area contributed by atoms with Crippen molar-refractivity contribution in [1.82, 2.24) is 15.1 Å². The highest BCUT2D eigenvalue weighted by molar-refractivity contribution is 5.80. The Balaban J connectivity index is 2.67. The van der Waals surface area contributed by atoms with Crippen LogP contribution in [-0.2, 0) is 23.1 Å². The van der Waals surface area contributed by atoms with Gasteiger partial charge in [0.2, 0.25) is 5.91 Å². The van der Waals surface area contributed by atoms with Gasteiger partial charge in [-0.3, -0.25) is 14.3 Å². The van der Waals surface area contributed by atoms with Gasteiger partial charge in [-0.1, -0.05) is 6.92 Å². The zero-order chi connectivity index (χ0) is 15.5. The van der Waals surface area contributed by atoms with Crippen LogP contribution in [0.1, 0.15) is 37.2 Å². The van der Waals surface area contributed by atoms with Gasteiger partial charge in [-0.15, -0.1) is 0 Å². The second kappa shape index (κ2) is 6.07. The minimum Gasteiger partial charge on any atom is -0.481 e. The monoisotopic (exact) mass is 281 g/mol. The van der Waals surface area contributed by atoms with Gasteiger partial charge in [-0.05, 0) is 27.2 Å². The van der Waals surface area contributed by atoms with E-state index in [0.29, 0.717) is 6.42 Å². The Bertz CT molecular complexity index is 522. The molecule has 0 aromatic carbocycles. The largest absolute Gasteiger partial charge is 0.481 e. The molecule has 1 aromatic rings. The first kappa shape index (κ1) is 16.2. The normalized spacial score (nSPS) is 13.8. The Kier molecular flexibility index (Phi) is 4.92. The summed E-state index contributed by atoms with van der Waals surface area (Å²) < 4.78 is 1.74. The van der Waals surface area contributed by atoms with Gasteiger partial charge in [-0.25, -0.2) is 0 Å². The summed E-state index contributed by atoms with van der Waals surface area (Å²) in [6, 6.07) is 0. The summed E-state index contributed by atoms with van der Waals surface area (Å²) in [5, 5.41) is 16.1. The molecule has 0 saturated heterocycles. The Morgan fingerprint density at radius 3 is 2.40 bits per heavy atom. The quantitative estimate of drug-likeness (QED) is 0.820. The third kappa shape index (κ3) is 3.37. The maximum Gasteiger partial charge on any atom is 0.311 e. The van der Waals surface area contributed by atoms with Crippen LogP contribution in [0.5, 0.6) is 0 Å². The van der Waals surface area contributed by atoms with Crippen molar-refractivity contribution in [2.45, 2.75) is 40.5 Å². The lowest BCUT2D eigenvalue weighted by atomic mass is 9.87. The van der Waals surface area contributed by atoms with Gasteiger partial charge in [0, 0.05) is 24.8 Å². The highest BCUT2D eigenvalue weighted by Gasteiger charge is 2.31. The molecule has 2 N–H and O–H groups in total. The average molecular weight is 281 g/mol. The molecule has 0 spiro atoms. The van der Waals surface area contributed by atoms with Crippen LogP contribution in [0.4, 0.5) is 0 Å². The fourth-order valence-electron chi connectivity index (χ4n) is 1.94. The lowest BCUT2D eigenvalue weighted by Crippen LogP contribution is -2.41. The molecule has 0 saturated carbocycles. The van der Waals surface area contributed by atoms with Crippen molar-refractivity contribution in [1.29, 1.82) is 0 Å². The van der Waals surface area contributed by atoms with Crippen molar-refractivity contribution in [3.8, 4) is 0 Å². The number of carboxylic acid groups (broad SMARTS) is 1. The molecule has 0 bridgehead atoms. The molecule has 0 aliphatic heterocycles. The molecular weight excluding hydrogens is 258 g/mol. The summed E-state index contributed by atoms with van der Waals surface area (Å²) in [4.78, 5) is 23.1. The molecule has 0 radical (unpaired) electrons. The van der Waals surface area contributed by atoms with E-state index in [-0.39, 0.29) is 18.9 Å². The predicted octanol–water partition coefficient (Wildman–Crippen LogP) is 1.20. The molecule has 1 amide bonds. The number of aromatic nitrogens is 2. The zero-order valence-electron chi connectivity index (χ0n) is 12.8. The molecule has 0 fully saturated rings. The standard InChI is InChI=1S/C14H23N3O3/c1-6-14(4,13(19)20)8-15-12(18)7-11-9(2)16-17(5)10(11)3/h6-8H2,1-5H3,(H,15,18)(H,19,20). The lowest BCUT2D eigenvalue weighted by Gasteiger charge is -2.23. The molecule has 1 heterocycles. The average Bonchev–Trinajstić information content (AvgIpc) is 2.62. The van der Waals surface area contributed by atoms with Crippen LogP contribution in [0.25, 0.3) is 0 Å². The van der Waals surface area contributed by atoms with Gasteiger partial charge in [0.05, 0.1) is 17.5 Å². The molecular formula is C14H23N3O3. The van der Waals surface area contributed by atoms with E-state index in [2.05, 4.69) is 10.4 Å². The lowest BCUT2D eigenvalue weighted by molar-refractivity contribution is -0.148. The Labute approximate surface area is 119 Å². The number of hydrogen-bond donors (Lipinski definition) is 2. The van der Waals surface area contributed by atoms with Crippen LogP contribution in [0.2, 0.25) is 0 Å². The van der Waals surface area contributed by atoms with E-state index in [1.165, 1.54) is 0 Å². The minimum absolute atomic E-state index is 0.135. The number of hydrogen-bond acceptors (Lipinski definition) is 3. The second-order valence-corrected chi connectivity index (χ2v) is 5.45. The van der Waals surface area contributed by atoms with Crippen molar-refractivity contribution in [2.24, 2.45) is 12.5 Å². The summed E-state index contributed by atoms with van der Waals surface area (Å²) in [7, 11) is 1.84. The van der Waals surface area contributed by atoms with E-state index in [1.54, 1.807) is 18.5 Å². The molecule has 6 nitrogen and oxygen atoms in total. The van der Waals surface area contributed by atoms with Crippen LogP contribution < -0.4 is 5.32 Å². The Morgan fingerprint density at radius 2 is 2.00 bits per heavy atom. The van der Waals surface area contributed by atoms with Gasteiger partial charge in [0.15, 0.2) is 0 Å². The van der Waals surface area contributed by atoms with Crippen LogP contribution in [0.15, 0.2) is 0 Å². The van der Waals surface area contributed by atoms with Crippen LogP contribution in [0, 0.1) is 19.3 Å². The second-order valence-electron chi connectivity index (χ2n) is 5.45. The van der Waals surface area contributed by atoms with Gasteiger partial charge < -0.3 is 10.4 Å². The number of nitrogens with zero attached hydrogens (tertiary/aromatic N) is 2. The van der Waals surface area contributed by atoms with E-state index in [4.69, 9.17) is 5.11 Å². The molecule has 0 aliphatic carbocycles. The molecule has 6 heteroatoms. The van der Waals surface area contributed by atoms with Crippen LogP contribution in [-0.4, -0.2) is 33.3 Å². The first-order chi connectivity index (χ1) is 9.21. The maximum atomic E-state index is 12.0. The topological polar surface area (TPSA) is 84.2 Å². The Morgan fingerprint density at radius 1 is 1.40 bits per heavy atom. The van der Waals surface area contributed by atoms with Crippen molar-refractivity contribution >= 4 is 11.9 Å². The van der Waals surface area contributed by atoms with Crippen molar-refractivity contribution in [2.75, 3.05) is 6.54 Å². The third-order valence-electron chi connectivity index (χ3n) is 3.97. The van der Waals surface area contributed by atoms with Crippen molar-refractivity contribution in [3.63, 3.8) is 0 Å². The van der Waals surface area contributed by atoms with E-state index < -0.39 is 11.4 Å². The summed E-state index contributed by atoms with van der Waals surface area (Å²) in [5.74, 6) is -1.07. The molecule has 0 aliphatic rings. The number of carboxylic acids is 1. The van der Waals surface area contributed by atoms with Gasteiger partial charge in [-0.2, -0.15) is 5.10 Å². The maximum absolute atomic E-state index is 12.0. The summed E-state index contributed by atoms with van der Waals surface area (Å²) in [6.07, 6.45) is 0.693. The fraction of sp³-hybridized carbons (Fsp3) is 0.643. The number of aliphatic carboxylic acids is 1. The Hall–Kier alpha value is -1.85. The highest BCUT2D eigenvalue weighted by Crippen LogP contribution is 2.20. The smallest absolute Gasteiger partial charge is 0.311 e. The van der Waals surface area contributed by atoms with Crippen molar-refractivity contribution in [3.05, 3.63) is 17.0 Å². The first-order valence-corrected chi connectivity index (χ1v) is 6.70. The van der Waals surface area contributed by atoms with Gasteiger partial charge in [0.1, 0.15) is 0 Å². The number of carbonyl (C=O) groups is 2. The fourth-order valence-corrected chi connectivity index (χ4v) is 1.94. The highest BCUT2D eigenvalue weighted by atomic mass is 16.4. The van der Waals surface area contributed by atoms with Crippen LogP contribution in [0.3, 0.4) is 0 Å². The molecule has 112 valence electrons. The minimum atomic E-state index is -0.922. The zero-order valence-corrected chi connectivity index (χ0v) is 12.8. The number of nitrogens with one attached hydrogen (secondary N) is 1. The third-order valence-corrected chi connectivity index (χ3v) is 3.97. The van der Waals surface area contributed by atoms with Gasteiger partial charge in [0.25, 0.3) is 0 Å². The molecule has 1 unspecified atom stereocenters. The number of carbonyl (C=O) groups excluding carboxylic acids is 1. The summed E-state index contributed by atoms with van der Waals surface area (Å²) >= 11 is 0. The van der Waals surface area contributed by atoms with Gasteiger partial charge >= 0.3 is 5.97 Å². The number of aryl methyl sites for hydroxylation is 2. The van der Waals surface area contributed by atoms with E-state index in [0.717, 1.165) is 17.0 Å². The first-order valence-electron chi connectivity index (χ1n) is 6.70. The molecule has 1 atom stereocenters. The van der Waals surface area contributed by atoms with E-state index >= 15 is 0 Å². The van der Waals surface area contributed by atoms with E-state index in [1.807, 2.05) is 20.9 Å².